The Morgan fingerprint density at radius 2 is 1.64 bits per heavy atom. The predicted octanol–water partition coefficient (Wildman–Crippen LogP) is 3.53. The van der Waals surface area contributed by atoms with Crippen LogP contribution >= 0.6 is 0 Å². The van der Waals surface area contributed by atoms with Crippen LogP contribution in [0.4, 0.5) is 16.2 Å². The number of aryl methyl sites for hydroxylation is 2. The first kappa shape index (κ1) is 16.8. The van der Waals surface area contributed by atoms with E-state index in [0.29, 0.717) is 24.3 Å². The van der Waals surface area contributed by atoms with Gasteiger partial charge in [0.2, 0.25) is 0 Å². The van der Waals surface area contributed by atoms with Crippen LogP contribution in [-0.2, 0) is 0 Å². The Kier molecular flexibility index (Phi) is 4.90. The van der Waals surface area contributed by atoms with Gasteiger partial charge in [0.1, 0.15) is 6.07 Å². The highest BCUT2D eigenvalue weighted by molar-refractivity contribution is 5.91. The number of hydrogen-bond donors (Lipinski definition) is 1. The van der Waals surface area contributed by atoms with Gasteiger partial charge in [0, 0.05) is 31.9 Å². The second kappa shape index (κ2) is 7.27. The number of urea groups is 1. The van der Waals surface area contributed by atoms with Gasteiger partial charge in [-0.3, -0.25) is 0 Å². The highest BCUT2D eigenvalue weighted by Crippen LogP contribution is 2.25. The van der Waals surface area contributed by atoms with Crippen LogP contribution in [0, 0.1) is 25.2 Å². The molecule has 0 spiro atoms. The van der Waals surface area contributed by atoms with Crippen molar-refractivity contribution in [2.45, 2.75) is 13.8 Å². The summed E-state index contributed by atoms with van der Waals surface area (Å²) >= 11 is 0. The molecule has 25 heavy (non-hydrogen) atoms. The second-order valence-electron chi connectivity index (χ2n) is 6.30. The number of hydrogen-bond acceptors (Lipinski definition) is 3. The number of para-hydroxylation sites is 2. The highest BCUT2D eigenvalue weighted by atomic mass is 16.2. The van der Waals surface area contributed by atoms with Crippen molar-refractivity contribution in [3.8, 4) is 6.07 Å². The fourth-order valence-electron chi connectivity index (χ4n) is 3.32. The van der Waals surface area contributed by atoms with Crippen LogP contribution in [-0.4, -0.2) is 37.1 Å². The molecule has 0 saturated carbocycles. The smallest absolute Gasteiger partial charge is 0.322 e. The molecule has 3 rings (SSSR count). The molecule has 128 valence electrons. The third-order valence-corrected chi connectivity index (χ3v) is 4.61. The molecule has 1 heterocycles. The van der Waals surface area contributed by atoms with E-state index in [0.717, 1.165) is 13.1 Å². The van der Waals surface area contributed by atoms with Crippen LogP contribution in [0.15, 0.2) is 42.5 Å². The van der Waals surface area contributed by atoms with E-state index in [1.807, 2.05) is 6.07 Å². The van der Waals surface area contributed by atoms with Crippen molar-refractivity contribution >= 4 is 17.4 Å². The molecule has 0 aliphatic carbocycles. The number of rotatable bonds is 2. The zero-order valence-electron chi connectivity index (χ0n) is 14.6. The minimum Gasteiger partial charge on any atom is -0.368 e. The Labute approximate surface area is 148 Å². The summed E-state index contributed by atoms with van der Waals surface area (Å²) in [5.41, 5.74) is 4.84. The molecule has 1 N–H and O–H groups in total. The maximum atomic E-state index is 12.5. The Hall–Kier alpha value is -3.00. The SMILES string of the molecule is Cc1cccc(C)c1N1CCN(C(=O)Nc2ccccc2C#N)CC1. The predicted molar refractivity (Wildman–Crippen MR) is 99.9 cm³/mol. The zero-order chi connectivity index (χ0) is 17.8. The molecular formula is C20H22N4O. The molecular weight excluding hydrogens is 312 g/mol. The second-order valence-corrected chi connectivity index (χ2v) is 6.30. The van der Waals surface area contributed by atoms with Gasteiger partial charge in [0.05, 0.1) is 11.3 Å². The number of piperazine rings is 1. The van der Waals surface area contributed by atoms with Gasteiger partial charge in [-0.1, -0.05) is 30.3 Å². The first-order valence-electron chi connectivity index (χ1n) is 8.46. The first-order chi connectivity index (χ1) is 12.1. The van der Waals surface area contributed by atoms with Crippen LogP contribution < -0.4 is 10.2 Å². The quantitative estimate of drug-likeness (QED) is 0.914. The number of nitrogens with one attached hydrogen (secondary N) is 1. The van der Waals surface area contributed by atoms with Crippen molar-refractivity contribution in [3.05, 3.63) is 59.2 Å². The van der Waals surface area contributed by atoms with Crippen LogP contribution in [0.5, 0.6) is 0 Å². The molecule has 1 saturated heterocycles. The van der Waals surface area contributed by atoms with Crippen molar-refractivity contribution in [3.63, 3.8) is 0 Å². The summed E-state index contributed by atoms with van der Waals surface area (Å²) in [7, 11) is 0. The van der Waals surface area contributed by atoms with Crippen molar-refractivity contribution in [1.82, 2.24) is 4.90 Å². The molecule has 1 aliphatic rings. The van der Waals surface area contributed by atoms with Crippen molar-refractivity contribution in [2.75, 3.05) is 36.4 Å². The molecule has 0 atom stereocenters. The molecule has 2 aromatic carbocycles. The summed E-state index contributed by atoms with van der Waals surface area (Å²) in [6.45, 7) is 7.18. The van der Waals surface area contributed by atoms with E-state index in [9.17, 15) is 4.79 Å². The van der Waals surface area contributed by atoms with Gasteiger partial charge >= 0.3 is 6.03 Å². The van der Waals surface area contributed by atoms with E-state index >= 15 is 0 Å². The fraction of sp³-hybridized carbons (Fsp3) is 0.300. The fourth-order valence-corrected chi connectivity index (χ4v) is 3.32. The molecule has 2 aromatic rings. The maximum Gasteiger partial charge on any atom is 0.322 e. The molecule has 1 aliphatic heterocycles. The summed E-state index contributed by atoms with van der Waals surface area (Å²) in [4.78, 5) is 16.6. The van der Waals surface area contributed by atoms with Gasteiger partial charge in [-0.05, 0) is 37.1 Å². The minimum atomic E-state index is -0.149. The Morgan fingerprint density at radius 3 is 2.28 bits per heavy atom. The number of amides is 2. The third-order valence-electron chi connectivity index (χ3n) is 4.61. The lowest BCUT2D eigenvalue weighted by molar-refractivity contribution is 0.208. The van der Waals surface area contributed by atoms with Crippen molar-refractivity contribution < 1.29 is 4.79 Å². The summed E-state index contributed by atoms with van der Waals surface area (Å²) in [5.74, 6) is 0. The van der Waals surface area contributed by atoms with Gasteiger partial charge in [-0.25, -0.2) is 4.79 Å². The van der Waals surface area contributed by atoms with Crippen LogP contribution in [0.3, 0.4) is 0 Å². The monoisotopic (exact) mass is 334 g/mol. The van der Waals surface area contributed by atoms with Crippen LogP contribution in [0.1, 0.15) is 16.7 Å². The van der Waals surface area contributed by atoms with E-state index < -0.39 is 0 Å². The third kappa shape index (κ3) is 3.58. The number of benzene rings is 2. The lowest BCUT2D eigenvalue weighted by Crippen LogP contribution is -2.50. The molecule has 1 fully saturated rings. The average molecular weight is 334 g/mol. The van der Waals surface area contributed by atoms with Crippen molar-refractivity contribution in [2.24, 2.45) is 0 Å². The topological polar surface area (TPSA) is 59.4 Å². The highest BCUT2D eigenvalue weighted by Gasteiger charge is 2.23. The summed E-state index contributed by atoms with van der Waals surface area (Å²) < 4.78 is 0. The lowest BCUT2D eigenvalue weighted by atomic mass is 10.1. The van der Waals surface area contributed by atoms with Gasteiger partial charge in [-0.15, -0.1) is 0 Å². The zero-order valence-corrected chi connectivity index (χ0v) is 14.6. The summed E-state index contributed by atoms with van der Waals surface area (Å²) in [6, 6.07) is 15.3. The van der Waals surface area contributed by atoms with Gasteiger partial charge in [0.25, 0.3) is 0 Å². The molecule has 0 radical (unpaired) electrons. The molecule has 5 heteroatoms. The van der Waals surface area contributed by atoms with Gasteiger partial charge < -0.3 is 15.1 Å². The molecule has 5 nitrogen and oxygen atoms in total. The number of nitriles is 1. The minimum absolute atomic E-state index is 0.149. The number of anilines is 2. The van der Waals surface area contributed by atoms with Crippen LogP contribution in [0.2, 0.25) is 0 Å². The Morgan fingerprint density at radius 1 is 1.00 bits per heavy atom. The van der Waals surface area contributed by atoms with E-state index in [4.69, 9.17) is 5.26 Å². The average Bonchev–Trinajstić information content (AvgIpc) is 2.62. The van der Waals surface area contributed by atoms with Gasteiger partial charge in [0.15, 0.2) is 0 Å². The molecule has 0 bridgehead atoms. The maximum absolute atomic E-state index is 12.5. The standard InChI is InChI=1S/C20H22N4O/c1-15-6-5-7-16(2)19(15)23-10-12-24(13-11-23)20(25)22-18-9-4-3-8-17(18)14-21/h3-9H,10-13H2,1-2H3,(H,22,25). The number of carbonyl (C=O) groups is 1. The van der Waals surface area contributed by atoms with E-state index in [2.05, 4.69) is 48.3 Å². The van der Waals surface area contributed by atoms with E-state index in [1.54, 1.807) is 23.1 Å². The Bertz CT molecular complexity index is 796. The number of carbonyl (C=O) groups excluding carboxylic acids is 1. The van der Waals surface area contributed by atoms with Crippen LogP contribution in [0.25, 0.3) is 0 Å². The largest absolute Gasteiger partial charge is 0.368 e. The van der Waals surface area contributed by atoms with Crippen molar-refractivity contribution in [1.29, 1.82) is 5.26 Å². The molecule has 0 unspecified atom stereocenters. The molecule has 0 aromatic heterocycles. The summed E-state index contributed by atoms with van der Waals surface area (Å²) in [6.07, 6.45) is 0. The number of nitrogens with zero attached hydrogens (tertiary/aromatic N) is 3. The first-order valence-corrected chi connectivity index (χ1v) is 8.46. The normalized spacial score (nSPS) is 14.1. The van der Waals surface area contributed by atoms with E-state index in [-0.39, 0.29) is 6.03 Å². The molecule has 2 amide bonds. The van der Waals surface area contributed by atoms with Gasteiger partial charge in [-0.2, -0.15) is 5.26 Å². The van der Waals surface area contributed by atoms with E-state index in [1.165, 1.54) is 16.8 Å². The summed E-state index contributed by atoms with van der Waals surface area (Å²) in [5, 5.41) is 12.0. The lowest BCUT2D eigenvalue weighted by Gasteiger charge is -2.37. The Balaban J connectivity index is 1.64.